The van der Waals surface area contributed by atoms with Crippen LogP contribution < -0.4 is 5.32 Å². The number of hydrogen-bond donors (Lipinski definition) is 3. The van der Waals surface area contributed by atoms with Crippen molar-refractivity contribution < 1.29 is 9.50 Å². The fourth-order valence-electron chi connectivity index (χ4n) is 3.28. The summed E-state index contributed by atoms with van der Waals surface area (Å²) in [5, 5.41) is 14.0. The second-order valence-electron chi connectivity index (χ2n) is 7.00. The van der Waals surface area contributed by atoms with Gasteiger partial charge in [-0.05, 0) is 48.9 Å². The largest absolute Gasteiger partial charge is 0.507 e. The van der Waals surface area contributed by atoms with Crippen LogP contribution in [0.3, 0.4) is 0 Å². The summed E-state index contributed by atoms with van der Waals surface area (Å²) >= 11 is 6.30. The molecule has 0 saturated carbocycles. The molecule has 0 aliphatic heterocycles. The third-order valence-corrected chi connectivity index (χ3v) is 5.08. The average molecular weight is 423 g/mol. The van der Waals surface area contributed by atoms with E-state index in [0.717, 1.165) is 17.7 Å². The van der Waals surface area contributed by atoms with Gasteiger partial charge in [0.15, 0.2) is 0 Å². The van der Waals surface area contributed by atoms with Gasteiger partial charge < -0.3 is 15.4 Å². The molecule has 152 valence electrons. The highest BCUT2D eigenvalue weighted by Crippen LogP contribution is 2.36. The van der Waals surface area contributed by atoms with Crippen molar-refractivity contribution in [2.24, 2.45) is 0 Å². The number of aryl methyl sites for hydroxylation is 1. The van der Waals surface area contributed by atoms with Gasteiger partial charge in [0.1, 0.15) is 17.4 Å². The molecule has 0 bridgehead atoms. The van der Waals surface area contributed by atoms with Crippen LogP contribution in [-0.4, -0.2) is 26.6 Å². The number of aromatic hydroxyl groups is 1. The standard InChI is InChI=1S/C23H20ClFN4O/c1-14-5-6-21(30)17(9-14)20-10-15(23-18(24)3-2-4-19(23)25)11-22(29-20)27-8-7-16-12-26-13-28-16/h2-6,9-13,30H,7-8H2,1H3,(H,26,28)(H,27,29). The van der Waals surface area contributed by atoms with Crippen LogP contribution in [0.4, 0.5) is 10.2 Å². The number of nitrogens with zero attached hydrogens (tertiary/aromatic N) is 2. The molecule has 3 N–H and O–H groups in total. The molecule has 0 atom stereocenters. The van der Waals surface area contributed by atoms with E-state index in [2.05, 4.69) is 20.3 Å². The summed E-state index contributed by atoms with van der Waals surface area (Å²) in [5.74, 6) is 0.243. The number of hydrogen-bond acceptors (Lipinski definition) is 4. The summed E-state index contributed by atoms with van der Waals surface area (Å²) < 4.78 is 14.6. The van der Waals surface area contributed by atoms with Gasteiger partial charge in [0.05, 0.1) is 17.0 Å². The molecule has 30 heavy (non-hydrogen) atoms. The van der Waals surface area contributed by atoms with Gasteiger partial charge in [0, 0.05) is 36.0 Å². The van der Waals surface area contributed by atoms with Crippen molar-refractivity contribution >= 4 is 17.4 Å². The first-order valence-electron chi connectivity index (χ1n) is 9.49. The van der Waals surface area contributed by atoms with Crippen LogP contribution >= 0.6 is 11.6 Å². The molecular formula is C23H20ClFN4O. The lowest BCUT2D eigenvalue weighted by atomic mass is 10.0. The minimum absolute atomic E-state index is 0.105. The number of rotatable bonds is 6. The Hall–Kier alpha value is -3.38. The van der Waals surface area contributed by atoms with Crippen molar-refractivity contribution in [2.75, 3.05) is 11.9 Å². The predicted octanol–water partition coefficient (Wildman–Crippen LogP) is 5.60. The number of H-pyrrole nitrogens is 1. The molecule has 2 aromatic heterocycles. The molecule has 0 aliphatic rings. The number of phenols is 1. The molecule has 2 aromatic carbocycles. The Labute approximate surface area is 178 Å². The first-order chi connectivity index (χ1) is 14.5. The predicted molar refractivity (Wildman–Crippen MR) is 117 cm³/mol. The zero-order valence-electron chi connectivity index (χ0n) is 16.3. The van der Waals surface area contributed by atoms with Gasteiger partial charge in [0.25, 0.3) is 0 Å². The van der Waals surface area contributed by atoms with E-state index in [4.69, 9.17) is 11.6 Å². The lowest BCUT2D eigenvalue weighted by Gasteiger charge is -2.14. The second-order valence-corrected chi connectivity index (χ2v) is 7.40. The minimum Gasteiger partial charge on any atom is -0.507 e. The van der Waals surface area contributed by atoms with E-state index in [1.54, 1.807) is 42.9 Å². The Morgan fingerprint density at radius 2 is 2.03 bits per heavy atom. The molecule has 7 heteroatoms. The molecule has 0 fully saturated rings. The van der Waals surface area contributed by atoms with Gasteiger partial charge in [-0.25, -0.2) is 14.4 Å². The van der Waals surface area contributed by atoms with Gasteiger partial charge >= 0.3 is 0 Å². The van der Waals surface area contributed by atoms with Crippen molar-refractivity contribution in [3.8, 4) is 28.1 Å². The van der Waals surface area contributed by atoms with E-state index in [-0.39, 0.29) is 5.75 Å². The highest BCUT2D eigenvalue weighted by Gasteiger charge is 2.15. The third-order valence-electron chi connectivity index (χ3n) is 4.76. The van der Waals surface area contributed by atoms with Crippen molar-refractivity contribution in [1.29, 1.82) is 0 Å². The van der Waals surface area contributed by atoms with Crippen LogP contribution in [0.1, 0.15) is 11.3 Å². The fraction of sp³-hybridized carbons (Fsp3) is 0.130. The van der Waals surface area contributed by atoms with Gasteiger partial charge in [-0.15, -0.1) is 0 Å². The molecule has 5 nitrogen and oxygen atoms in total. The molecular weight excluding hydrogens is 403 g/mol. The van der Waals surface area contributed by atoms with E-state index < -0.39 is 5.82 Å². The normalized spacial score (nSPS) is 10.9. The first-order valence-corrected chi connectivity index (χ1v) is 9.86. The summed E-state index contributed by atoms with van der Waals surface area (Å²) in [7, 11) is 0. The zero-order chi connectivity index (χ0) is 21.1. The molecule has 4 aromatic rings. The van der Waals surface area contributed by atoms with Crippen LogP contribution in [-0.2, 0) is 6.42 Å². The number of nitrogens with one attached hydrogen (secondary N) is 2. The van der Waals surface area contributed by atoms with E-state index in [0.29, 0.717) is 39.8 Å². The Kier molecular flexibility index (Phi) is 5.68. The van der Waals surface area contributed by atoms with Gasteiger partial charge in [-0.3, -0.25) is 0 Å². The van der Waals surface area contributed by atoms with Gasteiger partial charge in [-0.2, -0.15) is 0 Å². The molecule has 0 saturated heterocycles. The monoisotopic (exact) mass is 422 g/mol. The number of imidazole rings is 1. The number of anilines is 1. The Bertz CT molecular complexity index is 1160. The molecule has 2 heterocycles. The maximum absolute atomic E-state index is 14.6. The number of pyridine rings is 1. The topological polar surface area (TPSA) is 73.8 Å². The second kappa shape index (κ2) is 8.55. The smallest absolute Gasteiger partial charge is 0.132 e. The number of halogens is 2. The number of benzene rings is 2. The maximum atomic E-state index is 14.6. The highest BCUT2D eigenvalue weighted by molar-refractivity contribution is 6.33. The molecule has 0 spiro atoms. The fourth-order valence-corrected chi connectivity index (χ4v) is 3.55. The van der Waals surface area contributed by atoms with E-state index in [1.165, 1.54) is 6.07 Å². The summed E-state index contributed by atoms with van der Waals surface area (Å²) in [6, 6.07) is 13.4. The molecule has 0 aliphatic carbocycles. The summed E-state index contributed by atoms with van der Waals surface area (Å²) in [4.78, 5) is 11.7. The Morgan fingerprint density at radius 3 is 2.80 bits per heavy atom. The summed E-state index contributed by atoms with van der Waals surface area (Å²) in [6.45, 7) is 2.53. The van der Waals surface area contributed by atoms with Gasteiger partial charge in [-0.1, -0.05) is 29.3 Å². The third kappa shape index (κ3) is 4.28. The quantitative estimate of drug-likeness (QED) is 0.378. The Balaban J connectivity index is 1.76. The van der Waals surface area contributed by atoms with Crippen molar-refractivity contribution in [1.82, 2.24) is 15.0 Å². The van der Waals surface area contributed by atoms with E-state index >= 15 is 0 Å². The minimum atomic E-state index is -0.420. The van der Waals surface area contributed by atoms with Crippen molar-refractivity contribution in [3.63, 3.8) is 0 Å². The number of phenolic OH excluding ortho intramolecular Hbond substituents is 1. The highest BCUT2D eigenvalue weighted by atomic mass is 35.5. The molecule has 4 rings (SSSR count). The zero-order valence-corrected chi connectivity index (χ0v) is 17.0. The van der Waals surface area contributed by atoms with Crippen LogP contribution in [0, 0.1) is 12.7 Å². The lowest BCUT2D eigenvalue weighted by Crippen LogP contribution is -2.07. The van der Waals surface area contributed by atoms with Crippen molar-refractivity contribution in [2.45, 2.75) is 13.3 Å². The average Bonchev–Trinajstić information content (AvgIpc) is 3.23. The number of aromatic amines is 1. The van der Waals surface area contributed by atoms with Gasteiger partial charge in [0.2, 0.25) is 0 Å². The van der Waals surface area contributed by atoms with E-state index in [9.17, 15) is 9.50 Å². The van der Waals surface area contributed by atoms with Crippen LogP contribution in [0.25, 0.3) is 22.4 Å². The summed E-state index contributed by atoms with van der Waals surface area (Å²) in [6.07, 6.45) is 4.12. The van der Waals surface area contributed by atoms with Crippen LogP contribution in [0.2, 0.25) is 5.02 Å². The first kappa shape index (κ1) is 19.9. The van der Waals surface area contributed by atoms with Crippen molar-refractivity contribution in [3.05, 3.63) is 83.2 Å². The molecule has 0 amide bonds. The summed E-state index contributed by atoms with van der Waals surface area (Å²) in [5.41, 5.74) is 3.94. The lowest BCUT2D eigenvalue weighted by molar-refractivity contribution is 0.477. The SMILES string of the molecule is Cc1ccc(O)c(-c2cc(-c3c(F)cccc3Cl)cc(NCCc3cnc[nH]3)n2)c1. The molecule has 0 unspecified atom stereocenters. The number of aromatic nitrogens is 3. The Morgan fingerprint density at radius 1 is 1.17 bits per heavy atom. The molecule has 0 radical (unpaired) electrons. The van der Waals surface area contributed by atoms with E-state index in [1.807, 2.05) is 19.1 Å². The van der Waals surface area contributed by atoms with Crippen LogP contribution in [0.5, 0.6) is 5.75 Å². The maximum Gasteiger partial charge on any atom is 0.132 e. The van der Waals surface area contributed by atoms with Crippen LogP contribution in [0.15, 0.2) is 61.1 Å².